The molecule has 0 aliphatic rings. The molecule has 1 heterocycles. The van der Waals surface area contributed by atoms with Crippen molar-refractivity contribution in [2.75, 3.05) is 0 Å². The van der Waals surface area contributed by atoms with E-state index in [1.165, 1.54) is 12.1 Å². The second-order valence-electron chi connectivity index (χ2n) is 4.26. The predicted octanol–water partition coefficient (Wildman–Crippen LogP) is 1.76. The van der Waals surface area contributed by atoms with Crippen LogP contribution >= 0.6 is 11.6 Å². The van der Waals surface area contributed by atoms with E-state index in [9.17, 15) is 13.2 Å². The van der Waals surface area contributed by atoms with E-state index >= 15 is 0 Å². The van der Waals surface area contributed by atoms with Crippen molar-refractivity contribution in [2.24, 2.45) is 27.2 Å². The van der Waals surface area contributed by atoms with Gasteiger partial charge in [0.25, 0.3) is 0 Å². The topological polar surface area (TPSA) is 121 Å². The summed E-state index contributed by atoms with van der Waals surface area (Å²) in [6.07, 6.45) is -3.47. The summed E-state index contributed by atoms with van der Waals surface area (Å²) >= 11 is 6.04. The molecule has 0 aliphatic heterocycles. The molecular formula is C12H11ClF3N7. The van der Waals surface area contributed by atoms with Gasteiger partial charge in [-0.05, 0) is 18.2 Å². The van der Waals surface area contributed by atoms with Crippen molar-refractivity contribution in [1.82, 2.24) is 9.78 Å². The Morgan fingerprint density at radius 2 is 1.87 bits per heavy atom. The Morgan fingerprint density at radius 1 is 1.17 bits per heavy atom. The van der Waals surface area contributed by atoms with E-state index in [1.807, 2.05) is 0 Å². The van der Waals surface area contributed by atoms with Crippen LogP contribution in [0.2, 0.25) is 5.02 Å². The smallest absolute Gasteiger partial charge is 0.370 e. The number of aromatic nitrogens is 2. The molecule has 0 fully saturated rings. The molecule has 0 unspecified atom stereocenters. The predicted molar refractivity (Wildman–Crippen MR) is 80.7 cm³/mol. The van der Waals surface area contributed by atoms with Gasteiger partial charge in [-0.1, -0.05) is 17.7 Å². The summed E-state index contributed by atoms with van der Waals surface area (Å²) < 4.78 is 39.0. The van der Waals surface area contributed by atoms with Crippen LogP contribution in [0.1, 0.15) is 5.69 Å². The summed E-state index contributed by atoms with van der Waals surface area (Å²) in [5, 5.41) is 3.58. The van der Waals surface area contributed by atoms with Gasteiger partial charge in [-0.3, -0.25) is 0 Å². The van der Waals surface area contributed by atoms with Crippen LogP contribution in [-0.4, -0.2) is 21.7 Å². The normalized spacial score (nSPS) is 12.3. The van der Waals surface area contributed by atoms with Gasteiger partial charge in [0.2, 0.25) is 5.96 Å². The molecule has 2 rings (SSSR count). The molecule has 2 aromatic rings. The Kier molecular flexibility index (Phi) is 4.45. The molecule has 0 bridgehead atoms. The molecule has 0 radical (unpaired) electrons. The monoisotopic (exact) mass is 345 g/mol. The maximum absolute atomic E-state index is 12.7. The van der Waals surface area contributed by atoms with Gasteiger partial charge >= 0.3 is 6.18 Å². The highest BCUT2D eigenvalue weighted by atomic mass is 35.5. The van der Waals surface area contributed by atoms with Crippen molar-refractivity contribution in [3.63, 3.8) is 0 Å². The number of para-hydroxylation sites is 1. The summed E-state index contributed by atoms with van der Waals surface area (Å²) in [4.78, 5) is 7.46. The van der Waals surface area contributed by atoms with Crippen molar-refractivity contribution < 1.29 is 13.2 Å². The number of nitrogens with two attached hydrogens (primary N) is 3. The third-order valence-electron chi connectivity index (χ3n) is 2.55. The van der Waals surface area contributed by atoms with Gasteiger partial charge in [-0.2, -0.15) is 23.3 Å². The van der Waals surface area contributed by atoms with Crippen LogP contribution in [0.25, 0.3) is 5.69 Å². The van der Waals surface area contributed by atoms with Crippen molar-refractivity contribution in [2.45, 2.75) is 6.18 Å². The standard InChI is InChI=1S/C12H11ClF3N7/c13-6-2-1-3-7(20-11(19)21-10(17)18)9(6)23-5-4-8(22-23)12(14,15)16/h1-5H,(H6,17,18,19,20,21). The van der Waals surface area contributed by atoms with E-state index in [0.717, 1.165) is 16.9 Å². The molecule has 1 aromatic heterocycles. The molecule has 6 N–H and O–H groups in total. The number of aliphatic imine (C=N–C) groups is 2. The molecular weight excluding hydrogens is 335 g/mol. The second-order valence-corrected chi connectivity index (χ2v) is 4.66. The molecule has 122 valence electrons. The number of alkyl halides is 3. The molecule has 0 atom stereocenters. The number of benzene rings is 1. The fourth-order valence-corrected chi connectivity index (χ4v) is 1.96. The zero-order chi connectivity index (χ0) is 17.2. The molecule has 0 spiro atoms. The quantitative estimate of drug-likeness (QED) is 0.567. The van der Waals surface area contributed by atoms with Crippen LogP contribution < -0.4 is 17.2 Å². The fourth-order valence-electron chi connectivity index (χ4n) is 1.70. The lowest BCUT2D eigenvalue weighted by atomic mass is 10.2. The maximum atomic E-state index is 12.7. The zero-order valence-corrected chi connectivity index (χ0v) is 12.2. The van der Waals surface area contributed by atoms with Crippen molar-refractivity contribution >= 4 is 29.2 Å². The Labute approximate surface area is 133 Å². The van der Waals surface area contributed by atoms with Crippen LogP contribution in [0.5, 0.6) is 0 Å². The van der Waals surface area contributed by atoms with E-state index in [1.54, 1.807) is 6.07 Å². The largest absolute Gasteiger partial charge is 0.435 e. The minimum Gasteiger partial charge on any atom is -0.370 e. The average molecular weight is 346 g/mol. The molecule has 0 amide bonds. The van der Waals surface area contributed by atoms with Crippen LogP contribution in [0.3, 0.4) is 0 Å². The van der Waals surface area contributed by atoms with Gasteiger partial charge in [0.15, 0.2) is 11.7 Å². The lowest BCUT2D eigenvalue weighted by molar-refractivity contribution is -0.141. The van der Waals surface area contributed by atoms with Gasteiger partial charge in [0.1, 0.15) is 5.69 Å². The van der Waals surface area contributed by atoms with Crippen molar-refractivity contribution in [1.29, 1.82) is 0 Å². The molecule has 0 saturated heterocycles. The number of hydrogen-bond donors (Lipinski definition) is 3. The molecule has 1 aromatic carbocycles. The van der Waals surface area contributed by atoms with Crippen molar-refractivity contribution in [3.8, 4) is 5.69 Å². The van der Waals surface area contributed by atoms with Gasteiger partial charge in [-0.15, -0.1) is 0 Å². The molecule has 7 nitrogen and oxygen atoms in total. The van der Waals surface area contributed by atoms with Gasteiger partial charge in [0, 0.05) is 6.20 Å². The molecule has 23 heavy (non-hydrogen) atoms. The SMILES string of the molecule is NC(N)=NC(N)=Nc1cccc(Cl)c1-n1ccc(C(F)(F)F)n1. The number of guanidine groups is 2. The fraction of sp³-hybridized carbons (Fsp3) is 0.0833. The Morgan fingerprint density at radius 3 is 2.43 bits per heavy atom. The summed E-state index contributed by atoms with van der Waals surface area (Å²) in [6.45, 7) is 0. The van der Waals surface area contributed by atoms with E-state index in [2.05, 4.69) is 15.1 Å². The van der Waals surface area contributed by atoms with Crippen LogP contribution in [0.4, 0.5) is 18.9 Å². The van der Waals surface area contributed by atoms with Crippen LogP contribution in [0.15, 0.2) is 40.4 Å². The number of hydrogen-bond acceptors (Lipinski definition) is 2. The average Bonchev–Trinajstić information content (AvgIpc) is 2.86. The summed E-state index contributed by atoms with van der Waals surface area (Å²) in [7, 11) is 0. The molecule has 0 saturated carbocycles. The molecule has 0 aliphatic carbocycles. The maximum Gasteiger partial charge on any atom is 0.435 e. The second kappa shape index (κ2) is 6.16. The first-order valence-electron chi connectivity index (χ1n) is 6.04. The Hall–Kier alpha value is -2.75. The van der Waals surface area contributed by atoms with Gasteiger partial charge in [-0.25, -0.2) is 9.67 Å². The van der Waals surface area contributed by atoms with Gasteiger partial charge < -0.3 is 17.2 Å². The molecule has 11 heteroatoms. The minimum atomic E-state index is -4.58. The van der Waals surface area contributed by atoms with E-state index in [-0.39, 0.29) is 28.3 Å². The number of rotatable bonds is 2. The summed E-state index contributed by atoms with van der Waals surface area (Å²) in [5.74, 6) is -0.593. The summed E-state index contributed by atoms with van der Waals surface area (Å²) in [5.41, 5.74) is 15.1. The Bertz CT molecular complexity index is 775. The van der Waals surface area contributed by atoms with Gasteiger partial charge in [0.05, 0.1) is 10.7 Å². The van der Waals surface area contributed by atoms with E-state index < -0.39 is 11.9 Å². The highest BCUT2D eigenvalue weighted by Gasteiger charge is 2.34. The summed E-state index contributed by atoms with van der Waals surface area (Å²) in [6, 6.07) is 5.31. The highest BCUT2D eigenvalue weighted by Crippen LogP contribution is 2.33. The lowest BCUT2D eigenvalue weighted by Gasteiger charge is -2.08. The highest BCUT2D eigenvalue weighted by molar-refractivity contribution is 6.33. The first-order chi connectivity index (χ1) is 10.7. The van der Waals surface area contributed by atoms with E-state index in [4.69, 9.17) is 28.8 Å². The van der Waals surface area contributed by atoms with Crippen LogP contribution in [-0.2, 0) is 6.18 Å². The third kappa shape index (κ3) is 3.92. The number of nitrogens with zero attached hydrogens (tertiary/aromatic N) is 4. The number of halogens is 4. The Balaban J connectivity index is 2.55. The first kappa shape index (κ1) is 16.6. The van der Waals surface area contributed by atoms with Crippen LogP contribution in [0, 0.1) is 0 Å². The zero-order valence-electron chi connectivity index (χ0n) is 11.4. The van der Waals surface area contributed by atoms with E-state index in [0.29, 0.717) is 0 Å². The minimum absolute atomic E-state index is 0.110. The lowest BCUT2D eigenvalue weighted by Crippen LogP contribution is -2.26. The van der Waals surface area contributed by atoms with Crippen molar-refractivity contribution in [3.05, 3.63) is 41.2 Å². The third-order valence-corrected chi connectivity index (χ3v) is 2.86. The first-order valence-corrected chi connectivity index (χ1v) is 6.42.